The maximum absolute atomic E-state index is 11.9. The van der Waals surface area contributed by atoms with Gasteiger partial charge >= 0.3 is 0 Å². The number of phenols is 1. The number of hydrogen-bond donors (Lipinski definition) is 2. The second-order valence-electron chi connectivity index (χ2n) is 10.9. The fraction of sp³-hybridized carbons (Fsp3) is 0.500. The van der Waals surface area contributed by atoms with Crippen molar-refractivity contribution in [3.63, 3.8) is 0 Å². The Balaban J connectivity index is 1.44. The highest BCUT2D eigenvalue weighted by atomic mass is 28.3. The predicted octanol–water partition coefficient (Wildman–Crippen LogP) is 5.14. The van der Waals surface area contributed by atoms with Crippen LogP contribution in [0.2, 0.25) is 13.1 Å². The Hall–Kier alpha value is -2.02. The number of rotatable bonds is 1. The van der Waals surface area contributed by atoms with Gasteiger partial charge in [0.1, 0.15) is 11.4 Å². The molecule has 0 aromatic heterocycles. The number of hydrogen-bond acceptors (Lipinski definition) is 2. The number of aliphatic hydroxyl groups is 1. The summed E-state index contributed by atoms with van der Waals surface area (Å²) in [4.78, 5) is 0. The van der Waals surface area contributed by atoms with Crippen molar-refractivity contribution >= 4 is 13.3 Å². The minimum atomic E-state index is -1.92. The van der Waals surface area contributed by atoms with E-state index in [1.165, 1.54) is 16.3 Å². The molecule has 0 heterocycles. The van der Waals surface area contributed by atoms with E-state index in [0.29, 0.717) is 23.5 Å². The van der Waals surface area contributed by atoms with Gasteiger partial charge < -0.3 is 10.2 Å². The Morgan fingerprint density at radius 1 is 1.00 bits per heavy atom. The summed E-state index contributed by atoms with van der Waals surface area (Å²) in [5.41, 5.74) is 5.38. The van der Waals surface area contributed by atoms with Crippen LogP contribution in [-0.4, -0.2) is 23.9 Å². The molecule has 2 aromatic carbocycles. The van der Waals surface area contributed by atoms with Gasteiger partial charge in [-0.1, -0.05) is 62.3 Å². The zero-order chi connectivity index (χ0) is 21.9. The highest BCUT2D eigenvalue weighted by Gasteiger charge is 2.61. The fourth-order valence-electron chi connectivity index (χ4n) is 6.98. The Labute approximate surface area is 187 Å². The molecule has 0 saturated heterocycles. The Bertz CT molecular complexity index is 1050. The molecule has 31 heavy (non-hydrogen) atoms. The molecule has 2 saturated carbocycles. The van der Waals surface area contributed by atoms with Crippen LogP contribution in [0.5, 0.6) is 5.75 Å². The van der Waals surface area contributed by atoms with Crippen molar-refractivity contribution in [2.24, 2.45) is 17.3 Å². The van der Waals surface area contributed by atoms with Crippen LogP contribution in [0, 0.1) is 28.7 Å². The van der Waals surface area contributed by atoms with E-state index in [1.807, 2.05) is 12.1 Å². The minimum absolute atomic E-state index is 0.128. The monoisotopic (exact) mass is 430 g/mol. The Kier molecular flexibility index (Phi) is 4.88. The van der Waals surface area contributed by atoms with Crippen LogP contribution in [0.3, 0.4) is 0 Å². The standard InChI is InChI=1S/C28H34O2Si/c1-27-15-13-24-23-12-10-21(29)19-20(23)9-11-25(24)26(27)14-16-28(27,30)17-18-31(2,3)22-7-5-4-6-8-22/h4-8,10,12,19,24-26,29-30H,9,11,13-16H2,1-3H3/t24-,25-,26+,27+,28-/m1/s1. The lowest BCUT2D eigenvalue weighted by Gasteiger charge is -2.52. The number of aromatic hydroxyl groups is 1. The molecule has 0 unspecified atom stereocenters. The second kappa shape index (κ2) is 7.25. The van der Waals surface area contributed by atoms with Gasteiger partial charge in [0.25, 0.3) is 0 Å². The first-order valence-electron chi connectivity index (χ1n) is 11.9. The smallest absolute Gasteiger partial charge is 0.162 e. The summed E-state index contributed by atoms with van der Waals surface area (Å²) in [6, 6.07) is 16.6. The predicted molar refractivity (Wildman–Crippen MR) is 129 cm³/mol. The van der Waals surface area contributed by atoms with E-state index in [9.17, 15) is 10.2 Å². The van der Waals surface area contributed by atoms with E-state index in [-0.39, 0.29) is 5.41 Å². The third kappa shape index (κ3) is 3.27. The van der Waals surface area contributed by atoms with Gasteiger partial charge in [-0.25, -0.2) is 0 Å². The van der Waals surface area contributed by atoms with Gasteiger partial charge in [0.15, 0.2) is 8.07 Å². The van der Waals surface area contributed by atoms with Crippen LogP contribution >= 0.6 is 0 Å². The van der Waals surface area contributed by atoms with Crippen molar-refractivity contribution in [2.75, 3.05) is 0 Å². The quantitative estimate of drug-likeness (QED) is 0.486. The van der Waals surface area contributed by atoms with Gasteiger partial charge in [0, 0.05) is 5.41 Å². The maximum Gasteiger partial charge on any atom is 0.162 e. The first kappa shape index (κ1) is 20.9. The average molecular weight is 431 g/mol. The number of fused-ring (bicyclic) bond motifs is 5. The first-order chi connectivity index (χ1) is 14.7. The minimum Gasteiger partial charge on any atom is -0.508 e. The molecule has 3 aliphatic rings. The third-order valence-corrected chi connectivity index (χ3v) is 11.5. The van der Waals surface area contributed by atoms with Gasteiger partial charge in [-0.15, -0.1) is 5.54 Å². The molecule has 2 fully saturated rings. The van der Waals surface area contributed by atoms with Crippen molar-refractivity contribution in [1.29, 1.82) is 0 Å². The molecule has 0 bridgehead atoms. The molecule has 3 aliphatic carbocycles. The molecule has 5 atom stereocenters. The Morgan fingerprint density at radius 2 is 1.77 bits per heavy atom. The van der Waals surface area contributed by atoms with E-state index in [0.717, 1.165) is 38.5 Å². The van der Waals surface area contributed by atoms with Crippen molar-refractivity contribution < 1.29 is 10.2 Å². The summed E-state index contributed by atoms with van der Waals surface area (Å²) < 4.78 is 0. The highest BCUT2D eigenvalue weighted by molar-refractivity contribution is 6.96. The first-order valence-corrected chi connectivity index (χ1v) is 14.9. The molecule has 162 valence electrons. The van der Waals surface area contributed by atoms with Crippen LogP contribution in [0.1, 0.15) is 56.1 Å². The van der Waals surface area contributed by atoms with Crippen LogP contribution in [0.25, 0.3) is 0 Å². The molecule has 0 radical (unpaired) electrons. The molecule has 0 aliphatic heterocycles. The van der Waals surface area contributed by atoms with Crippen molar-refractivity contribution in [2.45, 2.75) is 70.1 Å². The molecule has 5 rings (SSSR count). The normalized spacial score (nSPS) is 34.1. The van der Waals surface area contributed by atoms with E-state index in [4.69, 9.17) is 0 Å². The zero-order valence-electron chi connectivity index (χ0n) is 19.0. The molecular weight excluding hydrogens is 396 g/mol. The summed E-state index contributed by atoms with van der Waals surface area (Å²) in [6.07, 6.45) is 6.21. The molecule has 0 amide bonds. The summed E-state index contributed by atoms with van der Waals surface area (Å²) in [7, 11) is -1.92. The van der Waals surface area contributed by atoms with E-state index in [1.54, 1.807) is 0 Å². The van der Waals surface area contributed by atoms with Gasteiger partial charge in [0.2, 0.25) is 0 Å². The molecule has 2 aromatic rings. The summed E-state index contributed by atoms with van der Waals surface area (Å²) in [5.74, 6) is 5.58. The third-order valence-electron chi connectivity index (χ3n) is 8.94. The fourth-order valence-corrected chi connectivity index (χ4v) is 8.67. The molecule has 0 spiro atoms. The Morgan fingerprint density at radius 3 is 2.55 bits per heavy atom. The van der Waals surface area contributed by atoms with E-state index < -0.39 is 13.7 Å². The summed E-state index contributed by atoms with van der Waals surface area (Å²) >= 11 is 0. The lowest BCUT2D eigenvalue weighted by Crippen LogP contribution is -2.50. The van der Waals surface area contributed by atoms with Crippen LogP contribution in [0.4, 0.5) is 0 Å². The van der Waals surface area contributed by atoms with Crippen LogP contribution < -0.4 is 5.19 Å². The summed E-state index contributed by atoms with van der Waals surface area (Å²) in [6.45, 7) is 6.90. The lowest BCUT2D eigenvalue weighted by molar-refractivity contribution is -0.0647. The van der Waals surface area contributed by atoms with Crippen molar-refractivity contribution in [1.82, 2.24) is 0 Å². The van der Waals surface area contributed by atoms with Crippen molar-refractivity contribution in [3.8, 4) is 17.2 Å². The zero-order valence-corrected chi connectivity index (χ0v) is 20.0. The van der Waals surface area contributed by atoms with Gasteiger partial charge in [-0.3, -0.25) is 0 Å². The van der Waals surface area contributed by atoms with Gasteiger partial charge in [-0.05, 0) is 84.7 Å². The number of phenolic OH excluding ortho intramolecular Hbond substituents is 1. The summed E-state index contributed by atoms with van der Waals surface area (Å²) in [5, 5.41) is 23.1. The largest absolute Gasteiger partial charge is 0.508 e. The van der Waals surface area contributed by atoms with Gasteiger partial charge in [0.05, 0.1) is 0 Å². The van der Waals surface area contributed by atoms with Crippen LogP contribution in [-0.2, 0) is 6.42 Å². The van der Waals surface area contributed by atoms with E-state index in [2.05, 4.69) is 67.9 Å². The average Bonchev–Trinajstić information content (AvgIpc) is 3.04. The maximum atomic E-state index is 11.9. The molecule has 2 nitrogen and oxygen atoms in total. The lowest BCUT2D eigenvalue weighted by atomic mass is 9.53. The molecule has 3 heteroatoms. The SMILES string of the molecule is C[C@]12CC[C@@H]3c4ccc(O)cc4CC[C@H]3[C@@H]1CC[C@@]2(O)C#C[Si](C)(C)c1ccccc1. The number of aryl methyl sites for hydroxylation is 1. The van der Waals surface area contributed by atoms with E-state index >= 15 is 0 Å². The van der Waals surface area contributed by atoms with Gasteiger partial charge in [-0.2, -0.15) is 0 Å². The van der Waals surface area contributed by atoms with Crippen LogP contribution in [0.15, 0.2) is 48.5 Å². The molecule has 2 N–H and O–H groups in total. The number of benzene rings is 2. The van der Waals surface area contributed by atoms with Crippen molar-refractivity contribution in [3.05, 3.63) is 59.7 Å². The highest BCUT2D eigenvalue weighted by Crippen LogP contribution is 2.64. The second-order valence-corrected chi connectivity index (χ2v) is 15.0. The topological polar surface area (TPSA) is 40.5 Å². The molecular formula is C28H34O2Si.